The van der Waals surface area contributed by atoms with Crippen LogP contribution in [0, 0.1) is 10.1 Å². The topological polar surface area (TPSA) is 85.3 Å². The lowest BCUT2D eigenvalue weighted by Crippen LogP contribution is -2.26. The van der Waals surface area contributed by atoms with E-state index < -0.39 is 4.92 Å². The Hall–Kier alpha value is -1.85. The largest absolute Gasteiger partial charge is 0.378 e. The van der Waals surface area contributed by atoms with Crippen molar-refractivity contribution in [3.8, 4) is 0 Å². The Morgan fingerprint density at radius 3 is 2.35 bits per heavy atom. The lowest BCUT2D eigenvalue weighted by molar-refractivity contribution is -0.384. The van der Waals surface area contributed by atoms with Gasteiger partial charge in [0.15, 0.2) is 0 Å². The third kappa shape index (κ3) is 3.30. The molecule has 94 valence electrons. The van der Waals surface area contributed by atoms with Crippen LogP contribution in [0.25, 0.3) is 0 Å². The van der Waals surface area contributed by atoms with Gasteiger partial charge in [0.1, 0.15) is 5.82 Å². The Bertz CT molecular complexity index is 389. The van der Waals surface area contributed by atoms with Gasteiger partial charge in [0.2, 0.25) is 5.82 Å². The lowest BCUT2D eigenvalue weighted by atomic mass is 10.3. The highest BCUT2D eigenvalue weighted by Crippen LogP contribution is 2.23. The minimum Gasteiger partial charge on any atom is -0.378 e. The molecule has 0 unspecified atom stereocenters. The zero-order valence-corrected chi connectivity index (χ0v) is 10.2. The summed E-state index contributed by atoms with van der Waals surface area (Å²) >= 11 is 0. The van der Waals surface area contributed by atoms with E-state index in [0.29, 0.717) is 5.82 Å². The Morgan fingerprint density at radius 1 is 1.35 bits per heavy atom. The summed E-state index contributed by atoms with van der Waals surface area (Å²) < 4.78 is 0. The lowest BCUT2D eigenvalue weighted by Gasteiger charge is -2.22. The molecule has 0 atom stereocenters. The summed E-state index contributed by atoms with van der Waals surface area (Å²) in [4.78, 5) is 16.3. The molecule has 2 N–H and O–H groups in total. The van der Waals surface area contributed by atoms with Crippen LogP contribution in [0.4, 0.5) is 17.3 Å². The summed E-state index contributed by atoms with van der Waals surface area (Å²) in [7, 11) is 0. The minimum absolute atomic E-state index is 0.0234. The Balaban J connectivity index is 2.97. The van der Waals surface area contributed by atoms with Crippen LogP contribution < -0.4 is 10.6 Å². The molecule has 1 rings (SSSR count). The van der Waals surface area contributed by atoms with Gasteiger partial charge in [0, 0.05) is 19.2 Å². The molecule has 0 aliphatic heterocycles. The van der Waals surface area contributed by atoms with Gasteiger partial charge in [-0.1, -0.05) is 13.8 Å². The van der Waals surface area contributed by atoms with Crippen LogP contribution in [0.5, 0.6) is 0 Å². The standard InChI is InChI=1S/C11H18N4O2/c1-3-7-14(8-4-2)10-6-5-9(15(16)17)11(12)13-10/h5-6H,3-4,7-8H2,1-2H3,(H2,12,13). The van der Waals surface area contributed by atoms with Gasteiger partial charge in [0.25, 0.3) is 0 Å². The van der Waals surface area contributed by atoms with Crippen molar-refractivity contribution in [2.24, 2.45) is 0 Å². The molecular formula is C11H18N4O2. The first-order chi connectivity index (χ1) is 8.10. The number of anilines is 2. The molecule has 0 aromatic carbocycles. The molecule has 0 fully saturated rings. The molecule has 6 heteroatoms. The first kappa shape index (κ1) is 13.2. The van der Waals surface area contributed by atoms with Crippen molar-refractivity contribution < 1.29 is 4.92 Å². The second-order valence-corrected chi connectivity index (χ2v) is 3.82. The SMILES string of the molecule is CCCN(CCC)c1ccc([N+](=O)[O-])c(N)n1. The van der Waals surface area contributed by atoms with Gasteiger partial charge in [0.05, 0.1) is 4.92 Å². The molecular weight excluding hydrogens is 220 g/mol. The van der Waals surface area contributed by atoms with Gasteiger partial charge < -0.3 is 10.6 Å². The molecule has 0 amide bonds. The molecule has 1 heterocycles. The van der Waals surface area contributed by atoms with Crippen LogP contribution in [-0.2, 0) is 0 Å². The fourth-order valence-corrected chi connectivity index (χ4v) is 1.67. The maximum absolute atomic E-state index is 10.6. The predicted molar refractivity (Wildman–Crippen MR) is 68.1 cm³/mol. The first-order valence-electron chi connectivity index (χ1n) is 5.76. The zero-order valence-electron chi connectivity index (χ0n) is 10.2. The average Bonchev–Trinajstić information content (AvgIpc) is 2.28. The number of nitrogen functional groups attached to an aromatic ring is 1. The Morgan fingerprint density at radius 2 is 1.94 bits per heavy atom. The number of pyridine rings is 1. The van der Waals surface area contributed by atoms with Crippen molar-refractivity contribution in [3.05, 3.63) is 22.2 Å². The second-order valence-electron chi connectivity index (χ2n) is 3.82. The monoisotopic (exact) mass is 238 g/mol. The molecule has 1 aromatic heterocycles. The van der Waals surface area contributed by atoms with Crippen LogP contribution in [-0.4, -0.2) is 23.0 Å². The molecule has 0 aliphatic rings. The highest BCUT2D eigenvalue weighted by Gasteiger charge is 2.15. The van der Waals surface area contributed by atoms with Crippen molar-refractivity contribution in [2.45, 2.75) is 26.7 Å². The minimum atomic E-state index is -0.518. The summed E-state index contributed by atoms with van der Waals surface area (Å²) in [6.45, 7) is 5.91. The highest BCUT2D eigenvalue weighted by molar-refractivity contribution is 5.57. The van der Waals surface area contributed by atoms with E-state index in [2.05, 4.69) is 23.7 Å². The number of nitrogens with two attached hydrogens (primary N) is 1. The van der Waals surface area contributed by atoms with E-state index in [4.69, 9.17) is 5.73 Å². The van der Waals surface area contributed by atoms with E-state index in [-0.39, 0.29) is 11.5 Å². The third-order valence-corrected chi connectivity index (χ3v) is 2.40. The molecule has 0 aliphatic carbocycles. The van der Waals surface area contributed by atoms with Crippen LogP contribution in [0.15, 0.2) is 12.1 Å². The summed E-state index contributed by atoms with van der Waals surface area (Å²) in [6, 6.07) is 3.07. The average molecular weight is 238 g/mol. The number of rotatable bonds is 6. The fraction of sp³-hybridized carbons (Fsp3) is 0.545. The maximum Gasteiger partial charge on any atom is 0.311 e. The normalized spacial score (nSPS) is 10.2. The number of nitro groups is 1. The highest BCUT2D eigenvalue weighted by atomic mass is 16.6. The Labute approximate surface area is 101 Å². The number of aromatic nitrogens is 1. The molecule has 0 spiro atoms. The van der Waals surface area contributed by atoms with Crippen molar-refractivity contribution in [1.82, 2.24) is 4.98 Å². The first-order valence-corrected chi connectivity index (χ1v) is 5.76. The van der Waals surface area contributed by atoms with Gasteiger partial charge in [-0.2, -0.15) is 0 Å². The third-order valence-electron chi connectivity index (χ3n) is 2.40. The maximum atomic E-state index is 10.6. The van der Waals surface area contributed by atoms with E-state index in [1.807, 2.05) is 0 Å². The van der Waals surface area contributed by atoms with Crippen molar-refractivity contribution in [1.29, 1.82) is 0 Å². The van der Waals surface area contributed by atoms with Gasteiger partial charge in [-0.25, -0.2) is 4.98 Å². The van der Waals surface area contributed by atoms with Crippen molar-refractivity contribution >= 4 is 17.3 Å². The van der Waals surface area contributed by atoms with E-state index in [1.54, 1.807) is 6.07 Å². The Kier molecular flexibility index (Phi) is 4.68. The van der Waals surface area contributed by atoms with Crippen molar-refractivity contribution in [2.75, 3.05) is 23.7 Å². The number of hydrogen-bond acceptors (Lipinski definition) is 5. The molecule has 0 saturated heterocycles. The number of nitrogens with zero attached hydrogens (tertiary/aromatic N) is 3. The van der Waals surface area contributed by atoms with E-state index in [1.165, 1.54) is 6.07 Å². The molecule has 0 radical (unpaired) electrons. The van der Waals surface area contributed by atoms with Crippen molar-refractivity contribution in [3.63, 3.8) is 0 Å². The van der Waals surface area contributed by atoms with E-state index in [0.717, 1.165) is 25.9 Å². The van der Waals surface area contributed by atoms with Gasteiger partial charge in [-0.3, -0.25) is 10.1 Å². The summed E-state index contributed by atoms with van der Waals surface area (Å²) in [5.41, 5.74) is 5.44. The second kappa shape index (κ2) is 6.03. The predicted octanol–water partition coefficient (Wildman–Crippen LogP) is 2.20. The molecule has 0 saturated carbocycles. The molecule has 6 nitrogen and oxygen atoms in total. The van der Waals surface area contributed by atoms with Gasteiger partial charge >= 0.3 is 5.69 Å². The fourth-order valence-electron chi connectivity index (χ4n) is 1.67. The molecule has 1 aromatic rings. The molecule has 17 heavy (non-hydrogen) atoms. The zero-order chi connectivity index (χ0) is 12.8. The van der Waals surface area contributed by atoms with Crippen LogP contribution in [0.3, 0.4) is 0 Å². The summed E-state index contributed by atoms with van der Waals surface area (Å²) in [5, 5.41) is 10.6. The summed E-state index contributed by atoms with van der Waals surface area (Å²) in [5.74, 6) is 0.682. The van der Waals surface area contributed by atoms with Gasteiger partial charge in [-0.05, 0) is 18.9 Å². The van der Waals surface area contributed by atoms with Crippen LogP contribution in [0.2, 0.25) is 0 Å². The molecule has 0 bridgehead atoms. The smallest absolute Gasteiger partial charge is 0.311 e. The van der Waals surface area contributed by atoms with Gasteiger partial charge in [-0.15, -0.1) is 0 Å². The quantitative estimate of drug-likeness (QED) is 0.606. The van der Waals surface area contributed by atoms with Crippen LogP contribution in [0.1, 0.15) is 26.7 Å². The van der Waals surface area contributed by atoms with E-state index in [9.17, 15) is 10.1 Å². The van der Waals surface area contributed by atoms with E-state index >= 15 is 0 Å². The number of hydrogen-bond donors (Lipinski definition) is 1. The summed E-state index contributed by atoms with van der Waals surface area (Å²) in [6.07, 6.45) is 2.00. The van der Waals surface area contributed by atoms with Crippen LogP contribution >= 0.6 is 0 Å².